The van der Waals surface area contributed by atoms with Crippen LogP contribution in [-0.2, 0) is 0 Å². The second kappa shape index (κ2) is 7.93. The number of halogens is 2. The van der Waals surface area contributed by atoms with Crippen LogP contribution in [0.2, 0.25) is 5.02 Å². The Labute approximate surface area is 155 Å². The predicted octanol–water partition coefficient (Wildman–Crippen LogP) is 4.68. The highest BCUT2D eigenvalue weighted by atomic mass is 35.5. The molecule has 0 aliphatic heterocycles. The number of carbonyl (C=O) groups excluding carboxylic acids is 1. The first kappa shape index (κ1) is 17.8. The molecule has 3 aromatic rings. The summed E-state index contributed by atoms with van der Waals surface area (Å²) >= 11 is 5.75. The SMILES string of the molecule is CCN(C(=O)c1ccc(Nc2ccc(F)c(Cl)c2)nn1)c1ccccc1. The molecule has 0 saturated carbocycles. The molecule has 132 valence electrons. The molecular formula is C19H16ClFN4O. The van der Waals surface area contributed by atoms with Gasteiger partial charge in [-0.2, -0.15) is 0 Å². The zero-order valence-corrected chi connectivity index (χ0v) is 14.7. The van der Waals surface area contributed by atoms with Crippen molar-refractivity contribution in [2.75, 3.05) is 16.8 Å². The molecule has 0 saturated heterocycles. The molecule has 5 nitrogen and oxygen atoms in total. The molecule has 0 aliphatic carbocycles. The summed E-state index contributed by atoms with van der Waals surface area (Å²) < 4.78 is 13.2. The maximum atomic E-state index is 13.2. The largest absolute Gasteiger partial charge is 0.339 e. The molecule has 1 N–H and O–H groups in total. The second-order valence-corrected chi connectivity index (χ2v) is 5.85. The molecule has 7 heteroatoms. The highest BCUT2D eigenvalue weighted by Crippen LogP contribution is 2.22. The number of carbonyl (C=O) groups is 1. The molecule has 0 unspecified atom stereocenters. The fourth-order valence-corrected chi connectivity index (χ4v) is 2.60. The van der Waals surface area contributed by atoms with Crippen molar-refractivity contribution in [3.63, 3.8) is 0 Å². The maximum Gasteiger partial charge on any atom is 0.278 e. The summed E-state index contributed by atoms with van der Waals surface area (Å²) in [6.45, 7) is 2.41. The molecule has 0 radical (unpaired) electrons. The van der Waals surface area contributed by atoms with E-state index in [1.54, 1.807) is 17.0 Å². The Morgan fingerprint density at radius 1 is 1.12 bits per heavy atom. The molecule has 3 rings (SSSR count). The van der Waals surface area contributed by atoms with Gasteiger partial charge in [-0.05, 0) is 49.4 Å². The summed E-state index contributed by atoms with van der Waals surface area (Å²) in [5, 5.41) is 11.0. The van der Waals surface area contributed by atoms with Gasteiger partial charge < -0.3 is 10.2 Å². The van der Waals surface area contributed by atoms with Crippen molar-refractivity contribution in [2.45, 2.75) is 6.92 Å². The molecule has 1 heterocycles. The van der Waals surface area contributed by atoms with Crippen LogP contribution in [0.15, 0.2) is 60.7 Å². The number of nitrogens with one attached hydrogen (secondary N) is 1. The van der Waals surface area contributed by atoms with Gasteiger partial charge in [-0.15, -0.1) is 10.2 Å². The van der Waals surface area contributed by atoms with Crippen LogP contribution >= 0.6 is 11.6 Å². The van der Waals surface area contributed by atoms with E-state index in [2.05, 4.69) is 15.5 Å². The Morgan fingerprint density at radius 2 is 1.88 bits per heavy atom. The molecule has 0 spiro atoms. The predicted molar refractivity (Wildman–Crippen MR) is 101 cm³/mol. The third kappa shape index (κ3) is 3.97. The number of hydrogen-bond acceptors (Lipinski definition) is 4. The lowest BCUT2D eigenvalue weighted by atomic mass is 10.2. The summed E-state index contributed by atoms with van der Waals surface area (Å²) in [5.74, 6) is -0.306. The van der Waals surface area contributed by atoms with Gasteiger partial charge in [-0.25, -0.2) is 4.39 Å². The van der Waals surface area contributed by atoms with Gasteiger partial charge in [-0.3, -0.25) is 4.79 Å². The maximum absolute atomic E-state index is 13.2. The summed E-state index contributed by atoms with van der Waals surface area (Å²) in [7, 11) is 0. The number of anilines is 3. The number of nitrogens with zero attached hydrogens (tertiary/aromatic N) is 3. The van der Waals surface area contributed by atoms with Gasteiger partial charge in [0.15, 0.2) is 11.5 Å². The van der Waals surface area contributed by atoms with Gasteiger partial charge in [0.1, 0.15) is 5.82 Å². The first-order valence-electron chi connectivity index (χ1n) is 8.01. The molecule has 0 aliphatic rings. The van der Waals surface area contributed by atoms with Crippen LogP contribution in [0.5, 0.6) is 0 Å². The normalized spacial score (nSPS) is 10.4. The molecule has 0 fully saturated rings. The Bertz CT molecular complexity index is 903. The van der Waals surface area contributed by atoms with Crippen LogP contribution in [0, 0.1) is 5.82 Å². The van der Waals surface area contributed by atoms with Gasteiger partial charge >= 0.3 is 0 Å². The highest BCUT2D eigenvalue weighted by molar-refractivity contribution is 6.31. The van der Waals surface area contributed by atoms with Crippen molar-refractivity contribution in [3.8, 4) is 0 Å². The standard InChI is InChI=1S/C19H16ClFN4O/c1-2-25(14-6-4-3-5-7-14)19(26)17-10-11-18(24-23-17)22-13-8-9-16(21)15(20)12-13/h3-12H,2H2,1H3,(H,22,24). The highest BCUT2D eigenvalue weighted by Gasteiger charge is 2.17. The van der Waals surface area contributed by atoms with Crippen LogP contribution in [0.1, 0.15) is 17.4 Å². The van der Waals surface area contributed by atoms with Crippen molar-refractivity contribution in [1.82, 2.24) is 10.2 Å². The monoisotopic (exact) mass is 370 g/mol. The molecular weight excluding hydrogens is 355 g/mol. The van der Waals surface area contributed by atoms with Crippen LogP contribution in [-0.4, -0.2) is 22.6 Å². The van der Waals surface area contributed by atoms with Gasteiger partial charge in [0.05, 0.1) is 5.02 Å². The lowest BCUT2D eigenvalue weighted by molar-refractivity contribution is 0.0982. The average molecular weight is 371 g/mol. The van der Waals surface area contributed by atoms with Crippen molar-refractivity contribution in [1.29, 1.82) is 0 Å². The van der Waals surface area contributed by atoms with Gasteiger partial charge in [0.2, 0.25) is 0 Å². The summed E-state index contributed by atoms with van der Waals surface area (Å²) in [4.78, 5) is 14.3. The fourth-order valence-electron chi connectivity index (χ4n) is 2.42. The number of para-hydroxylation sites is 1. The lowest BCUT2D eigenvalue weighted by Gasteiger charge is -2.20. The van der Waals surface area contributed by atoms with E-state index < -0.39 is 5.82 Å². The van der Waals surface area contributed by atoms with E-state index in [-0.39, 0.29) is 16.6 Å². The Balaban J connectivity index is 1.76. The van der Waals surface area contributed by atoms with E-state index >= 15 is 0 Å². The van der Waals surface area contributed by atoms with Crippen LogP contribution in [0.3, 0.4) is 0 Å². The van der Waals surface area contributed by atoms with Crippen molar-refractivity contribution in [3.05, 3.63) is 77.2 Å². The smallest absolute Gasteiger partial charge is 0.278 e. The minimum Gasteiger partial charge on any atom is -0.339 e. The van der Waals surface area contributed by atoms with Gasteiger partial charge in [0.25, 0.3) is 5.91 Å². The van der Waals surface area contributed by atoms with E-state index in [4.69, 9.17) is 11.6 Å². The number of benzene rings is 2. The Kier molecular flexibility index (Phi) is 5.43. The summed E-state index contributed by atoms with van der Waals surface area (Å²) in [5.41, 5.74) is 1.60. The van der Waals surface area contributed by atoms with Crippen molar-refractivity contribution >= 4 is 34.7 Å². The van der Waals surface area contributed by atoms with Gasteiger partial charge in [-0.1, -0.05) is 29.8 Å². The fraction of sp³-hybridized carbons (Fsp3) is 0.105. The molecule has 1 aromatic heterocycles. The molecule has 2 aromatic carbocycles. The molecule has 1 amide bonds. The quantitative estimate of drug-likeness (QED) is 0.708. The Hall–Kier alpha value is -2.99. The van der Waals surface area contributed by atoms with Gasteiger partial charge in [0, 0.05) is 17.9 Å². The molecule has 0 bridgehead atoms. The number of hydrogen-bond donors (Lipinski definition) is 1. The lowest BCUT2D eigenvalue weighted by Crippen LogP contribution is -2.31. The van der Waals surface area contributed by atoms with Crippen LogP contribution in [0.25, 0.3) is 0 Å². The minimum absolute atomic E-state index is 0.0104. The number of aromatic nitrogens is 2. The van der Waals surface area contributed by atoms with E-state index in [0.29, 0.717) is 18.1 Å². The van der Waals surface area contributed by atoms with E-state index in [0.717, 1.165) is 5.69 Å². The zero-order valence-electron chi connectivity index (χ0n) is 14.0. The van der Waals surface area contributed by atoms with Crippen molar-refractivity contribution in [2.24, 2.45) is 0 Å². The van der Waals surface area contributed by atoms with Crippen LogP contribution < -0.4 is 10.2 Å². The second-order valence-electron chi connectivity index (χ2n) is 5.44. The van der Waals surface area contributed by atoms with Crippen molar-refractivity contribution < 1.29 is 9.18 Å². The number of amides is 1. The molecule has 0 atom stereocenters. The topological polar surface area (TPSA) is 58.1 Å². The molecule has 26 heavy (non-hydrogen) atoms. The average Bonchev–Trinajstić information content (AvgIpc) is 2.67. The van der Waals surface area contributed by atoms with E-state index in [1.807, 2.05) is 37.3 Å². The van der Waals surface area contributed by atoms with E-state index in [9.17, 15) is 9.18 Å². The summed E-state index contributed by atoms with van der Waals surface area (Å²) in [6.07, 6.45) is 0. The summed E-state index contributed by atoms with van der Waals surface area (Å²) in [6, 6.07) is 16.8. The minimum atomic E-state index is -0.496. The van der Waals surface area contributed by atoms with Crippen LogP contribution in [0.4, 0.5) is 21.6 Å². The third-order valence-corrected chi connectivity index (χ3v) is 3.99. The van der Waals surface area contributed by atoms with E-state index in [1.165, 1.54) is 18.2 Å². The number of rotatable bonds is 5. The third-order valence-electron chi connectivity index (χ3n) is 3.70. The first-order chi connectivity index (χ1) is 12.6. The Morgan fingerprint density at radius 3 is 2.50 bits per heavy atom. The zero-order chi connectivity index (χ0) is 18.5. The first-order valence-corrected chi connectivity index (χ1v) is 8.39.